The Bertz CT molecular complexity index is 358. The van der Waals surface area contributed by atoms with Crippen molar-refractivity contribution in [3.8, 4) is 0 Å². The Morgan fingerprint density at radius 2 is 1.82 bits per heavy atom. The van der Waals surface area contributed by atoms with Crippen LogP contribution in [0.3, 0.4) is 0 Å². The van der Waals surface area contributed by atoms with Crippen molar-refractivity contribution < 1.29 is 0 Å². The van der Waals surface area contributed by atoms with Gasteiger partial charge >= 0.3 is 0 Å². The van der Waals surface area contributed by atoms with Crippen molar-refractivity contribution in [1.82, 2.24) is 4.90 Å². The number of benzene rings is 1. The van der Waals surface area contributed by atoms with Crippen molar-refractivity contribution in [2.75, 3.05) is 14.1 Å². The standard InChI is InChI=1S/C15H23NS/c1-15(2)11-13(16(3)4)10-14(17-15)12-8-6-5-7-9-12/h5-9,13-14H,10-11H2,1-4H3/t13-,14-/m1/s1. The fraction of sp³-hybridized carbons (Fsp3) is 0.600. The van der Waals surface area contributed by atoms with Gasteiger partial charge in [-0.3, -0.25) is 0 Å². The predicted molar refractivity (Wildman–Crippen MR) is 77.6 cm³/mol. The lowest BCUT2D eigenvalue weighted by Gasteiger charge is -2.42. The number of nitrogens with zero attached hydrogens (tertiary/aromatic N) is 1. The molecule has 0 saturated carbocycles. The second-order valence-electron chi connectivity index (χ2n) is 5.83. The summed E-state index contributed by atoms with van der Waals surface area (Å²) < 4.78 is 0.383. The first-order valence-corrected chi connectivity index (χ1v) is 7.25. The van der Waals surface area contributed by atoms with Gasteiger partial charge in [0.2, 0.25) is 0 Å². The number of rotatable bonds is 2. The van der Waals surface area contributed by atoms with Crippen LogP contribution in [0.5, 0.6) is 0 Å². The van der Waals surface area contributed by atoms with Crippen LogP contribution in [0.25, 0.3) is 0 Å². The maximum absolute atomic E-state index is 2.39. The maximum Gasteiger partial charge on any atom is 0.0317 e. The Hall–Kier alpha value is -0.470. The Balaban J connectivity index is 2.18. The van der Waals surface area contributed by atoms with Crippen LogP contribution >= 0.6 is 11.8 Å². The van der Waals surface area contributed by atoms with Gasteiger partial charge in [-0.05, 0) is 32.5 Å². The highest BCUT2D eigenvalue weighted by molar-refractivity contribution is 8.00. The lowest BCUT2D eigenvalue weighted by molar-refractivity contribution is 0.239. The molecule has 1 nitrogen and oxygen atoms in total. The van der Waals surface area contributed by atoms with E-state index in [9.17, 15) is 0 Å². The molecule has 1 saturated heterocycles. The van der Waals surface area contributed by atoms with E-state index in [1.165, 1.54) is 18.4 Å². The van der Waals surface area contributed by atoms with Gasteiger partial charge in [-0.15, -0.1) is 11.8 Å². The molecule has 0 radical (unpaired) electrons. The Labute approximate surface area is 110 Å². The summed E-state index contributed by atoms with van der Waals surface area (Å²) in [7, 11) is 4.41. The molecule has 2 heteroatoms. The third kappa shape index (κ3) is 3.26. The van der Waals surface area contributed by atoms with Gasteiger partial charge in [0.25, 0.3) is 0 Å². The van der Waals surface area contributed by atoms with E-state index in [1.807, 2.05) is 0 Å². The molecular weight excluding hydrogens is 226 g/mol. The molecule has 94 valence electrons. The first-order chi connectivity index (χ1) is 7.98. The minimum atomic E-state index is 0.383. The monoisotopic (exact) mass is 249 g/mol. The van der Waals surface area contributed by atoms with E-state index in [2.05, 4.69) is 74.9 Å². The smallest absolute Gasteiger partial charge is 0.0317 e. The highest BCUT2D eigenvalue weighted by atomic mass is 32.2. The zero-order chi connectivity index (χ0) is 12.5. The van der Waals surface area contributed by atoms with E-state index in [1.54, 1.807) is 0 Å². The molecule has 0 spiro atoms. The van der Waals surface area contributed by atoms with Crippen molar-refractivity contribution in [3.05, 3.63) is 35.9 Å². The van der Waals surface area contributed by atoms with E-state index >= 15 is 0 Å². The molecule has 1 aromatic rings. The second kappa shape index (κ2) is 5.03. The first-order valence-electron chi connectivity index (χ1n) is 6.37. The Morgan fingerprint density at radius 1 is 1.18 bits per heavy atom. The fourth-order valence-electron chi connectivity index (χ4n) is 2.64. The molecule has 0 aliphatic carbocycles. The molecule has 0 unspecified atom stereocenters. The third-order valence-electron chi connectivity index (χ3n) is 3.58. The molecule has 2 atom stereocenters. The van der Waals surface area contributed by atoms with E-state index in [-0.39, 0.29) is 0 Å². The highest BCUT2D eigenvalue weighted by Gasteiger charge is 2.35. The predicted octanol–water partition coefficient (Wildman–Crippen LogP) is 3.96. The third-order valence-corrected chi connectivity index (χ3v) is 5.13. The second-order valence-corrected chi connectivity index (χ2v) is 7.74. The summed E-state index contributed by atoms with van der Waals surface area (Å²) >= 11 is 2.14. The van der Waals surface area contributed by atoms with Gasteiger partial charge in [-0.25, -0.2) is 0 Å². The van der Waals surface area contributed by atoms with Gasteiger partial charge in [0.15, 0.2) is 0 Å². The fourth-order valence-corrected chi connectivity index (χ4v) is 4.31. The van der Waals surface area contributed by atoms with Crippen LogP contribution in [0, 0.1) is 0 Å². The van der Waals surface area contributed by atoms with E-state index < -0.39 is 0 Å². The van der Waals surface area contributed by atoms with Crippen LogP contribution in [0.1, 0.15) is 37.5 Å². The highest BCUT2D eigenvalue weighted by Crippen LogP contribution is 2.49. The minimum absolute atomic E-state index is 0.383. The van der Waals surface area contributed by atoms with Crippen molar-refractivity contribution in [1.29, 1.82) is 0 Å². The molecule has 2 rings (SSSR count). The molecule has 0 amide bonds. The van der Waals surface area contributed by atoms with Gasteiger partial charge in [-0.1, -0.05) is 44.2 Å². The summed E-state index contributed by atoms with van der Waals surface area (Å²) in [5, 5.41) is 0.646. The molecule has 17 heavy (non-hydrogen) atoms. The van der Waals surface area contributed by atoms with Crippen LogP contribution in [0.4, 0.5) is 0 Å². The molecule has 0 bridgehead atoms. The number of thioether (sulfide) groups is 1. The van der Waals surface area contributed by atoms with E-state index in [0.717, 1.165) is 0 Å². The molecule has 1 aliphatic heterocycles. The Kier molecular flexibility index (Phi) is 3.84. The molecule has 0 aromatic heterocycles. The largest absolute Gasteiger partial charge is 0.306 e. The van der Waals surface area contributed by atoms with Crippen molar-refractivity contribution in [2.24, 2.45) is 0 Å². The van der Waals surface area contributed by atoms with Crippen molar-refractivity contribution in [3.63, 3.8) is 0 Å². The summed E-state index contributed by atoms with van der Waals surface area (Å²) in [6.45, 7) is 4.76. The maximum atomic E-state index is 2.39. The van der Waals surface area contributed by atoms with Crippen LogP contribution in [-0.4, -0.2) is 29.8 Å². The van der Waals surface area contributed by atoms with Crippen LogP contribution < -0.4 is 0 Å². The van der Waals surface area contributed by atoms with Crippen LogP contribution in [-0.2, 0) is 0 Å². The average Bonchev–Trinajstić information content (AvgIpc) is 2.28. The lowest BCUT2D eigenvalue weighted by atomic mass is 9.94. The Morgan fingerprint density at radius 3 is 2.41 bits per heavy atom. The molecule has 1 heterocycles. The van der Waals surface area contributed by atoms with Crippen LogP contribution in [0.15, 0.2) is 30.3 Å². The molecule has 1 fully saturated rings. The number of hydrogen-bond donors (Lipinski definition) is 0. The van der Waals surface area contributed by atoms with E-state index in [0.29, 0.717) is 16.0 Å². The van der Waals surface area contributed by atoms with Gasteiger partial charge in [0, 0.05) is 16.0 Å². The molecule has 0 N–H and O–H groups in total. The van der Waals surface area contributed by atoms with Crippen LogP contribution in [0.2, 0.25) is 0 Å². The topological polar surface area (TPSA) is 3.24 Å². The van der Waals surface area contributed by atoms with Crippen molar-refractivity contribution >= 4 is 11.8 Å². The summed E-state index contributed by atoms with van der Waals surface area (Å²) in [5.74, 6) is 0. The van der Waals surface area contributed by atoms with Gasteiger partial charge in [-0.2, -0.15) is 0 Å². The normalized spacial score (nSPS) is 28.3. The molecular formula is C15H23NS. The summed E-state index contributed by atoms with van der Waals surface area (Å²) in [4.78, 5) is 2.39. The zero-order valence-corrected chi connectivity index (χ0v) is 12.1. The minimum Gasteiger partial charge on any atom is -0.306 e. The van der Waals surface area contributed by atoms with E-state index in [4.69, 9.17) is 0 Å². The summed E-state index contributed by atoms with van der Waals surface area (Å²) in [6.07, 6.45) is 2.55. The first kappa shape index (κ1) is 13.0. The zero-order valence-electron chi connectivity index (χ0n) is 11.3. The SMILES string of the molecule is CN(C)[C@@H]1C[C@H](c2ccccc2)SC(C)(C)C1. The molecule has 1 aromatic carbocycles. The quantitative estimate of drug-likeness (QED) is 0.780. The summed E-state index contributed by atoms with van der Waals surface area (Å²) in [5.41, 5.74) is 1.48. The van der Waals surface area contributed by atoms with Gasteiger partial charge < -0.3 is 4.90 Å². The van der Waals surface area contributed by atoms with Gasteiger partial charge in [0.1, 0.15) is 0 Å². The van der Waals surface area contributed by atoms with Gasteiger partial charge in [0.05, 0.1) is 0 Å². The van der Waals surface area contributed by atoms with Crippen molar-refractivity contribution in [2.45, 2.75) is 42.7 Å². The summed E-state index contributed by atoms with van der Waals surface area (Å²) in [6, 6.07) is 11.7. The molecule has 1 aliphatic rings. The lowest BCUT2D eigenvalue weighted by Crippen LogP contribution is -2.39. The average molecular weight is 249 g/mol. The number of hydrogen-bond acceptors (Lipinski definition) is 2.